The standard InChI is InChI=1S/C22H19FN2O4S/c1-24(22(28)29-2)11-17-15-5-3-4-6-18(15)25(20(17)21(26)27)10-13-12-30-19-8-7-14(23)9-16(13)19/h3-9,12H,10-11H2,1-2H3,(H,26,27). The van der Waals surface area contributed by atoms with Crippen LogP contribution >= 0.6 is 11.3 Å². The van der Waals surface area contributed by atoms with Crippen LogP contribution in [0.15, 0.2) is 47.8 Å². The van der Waals surface area contributed by atoms with Crippen LogP contribution in [0.3, 0.4) is 0 Å². The minimum absolute atomic E-state index is 0.0842. The summed E-state index contributed by atoms with van der Waals surface area (Å²) in [4.78, 5) is 25.5. The molecule has 0 aliphatic heterocycles. The summed E-state index contributed by atoms with van der Waals surface area (Å²) in [5, 5.41) is 13.5. The summed E-state index contributed by atoms with van der Waals surface area (Å²) < 4.78 is 21.2. The van der Waals surface area contributed by atoms with Crippen LogP contribution in [0.4, 0.5) is 9.18 Å². The van der Waals surface area contributed by atoms with Crippen molar-refractivity contribution in [3.05, 3.63) is 70.5 Å². The molecule has 1 N–H and O–H groups in total. The normalized spacial score (nSPS) is 11.2. The van der Waals surface area contributed by atoms with E-state index in [0.717, 1.165) is 26.6 Å². The van der Waals surface area contributed by atoms with Gasteiger partial charge in [0.2, 0.25) is 0 Å². The Kier molecular flexibility index (Phi) is 5.17. The van der Waals surface area contributed by atoms with Gasteiger partial charge < -0.3 is 19.3 Å². The topological polar surface area (TPSA) is 71.8 Å². The fourth-order valence-corrected chi connectivity index (χ4v) is 4.68. The maximum atomic E-state index is 13.8. The summed E-state index contributed by atoms with van der Waals surface area (Å²) >= 11 is 1.49. The number of thiophene rings is 1. The minimum atomic E-state index is -1.09. The van der Waals surface area contributed by atoms with E-state index in [4.69, 9.17) is 4.74 Å². The molecule has 6 nitrogen and oxygen atoms in total. The zero-order chi connectivity index (χ0) is 21.4. The Bertz CT molecular complexity index is 1280. The number of hydrogen-bond donors (Lipinski definition) is 1. The third kappa shape index (κ3) is 3.39. The average Bonchev–Trinajstić information content (AvgIpc) is 3.27. The molecular formula is C22H19FN2O4S. The third-order valence-corrected chi connectivity index (χ3v) is 6.12. The summed E-state index contributed by atoms with van der Waals surface area (Å²) in [6.07, 6.45) is -0.553. The van der Waals surface area contributed by atoms with Crippen molar-refractivity contribution in [1.29, 1.82) is 0 Å². The van der Waals surface area contributed by atoms with Crippen LogP contribution in [0.1, 0.15) is 21.6 Å². The van der Waals surface area contributed by atoms with Crippen LogP contribution < -0.4 is 0 Å². The van der Waals surface area contributed by atoms with Gasteiger partial charge in [-0.2, -0.15) is 0 Å². The van der Waals surface area contributed by atoms with Gasteiger partial charge in [-0.3, -0.25) is 0 Å². The van der Waals surface area contributed by atoms with Crippen molar-refractivity contribution in [2.75, 3.05) is 14.2 Å². The second kappa shape index (κ2) is 7.79. The Morgan fingerprint density at radius 2 is 1.97 bits per heavy atom. The summed E-state index contributed by atoms with van der Waals surface area (Å²) in [5.74, 6) is -1.43. The molecule has 2 aromatic carbocycles. The van der Waals surface area contributed by atoms with Crippen molar-refractivity contribution in [2.45, 2.75) is 13.1 Å². The van der Waals surface area contributed by atoms with Crippen molar-refractivity contribution in [1.82, 2.24) is 9.47 Å². The molecule has 1 amide bonds. The first-order chi connectivity index (χ1) is 14.4. The SMILES string of the molecule is COC(=O)N(C)Cc1c(C(=O)O)n(Cc2csc3ccc(F)cc23)c2ccccc12. The van der Waals surface area contributed by atoms with Crippen molar-refractivity contribution >= 4 is 44.4 Å². The Morgan fingerprint density at radius 1 is 1.20 bits per heavy atom. The number of halogens is 1. The van der Waals surface area contributed by atoms with Gasteiger partial charge >= 0.3 is 12.1 Å². The first-order valence-corrected chi connectivity index (χ1v) is 10.1. The number of amides is 1. The first kappa shape index (κ1) is 19.9. The number of ether oxygens (including phenoxy) is 1. The predicted octanol–water partition coefficient (Wildman–Crippen LogP) is 4.94. The van der Waals surface area contributed by atoms with Gasteiger partial charge in [-0.15, -0.1) is 11.3 Å². The molecule has 0 bridgehead atoms. The van der Waals surface area contributed by atoms with Crippen LogP contribution in [-0.4, -0.2) is 40.8 Å². The van der Waals surface area contributed by atoms with E-state index in [1.165, 1.54) is 35.5 Å². The number of para-hydroxylation sites is 1. The largest absolute Gasteiger partial charge is 0.477 e. The number of methoxy groups -OCH3 is 1. The molecule has 0 spiro atoms. The maximum Gasteiger partial charge on any atom is 0.409 e. The Labute approximate surface area is 175 Å². The van der Waals surface area contributed by atoms with E-state index in [1.54, 1.807) is 17.7 Å². The van der Waals surface area contributed by atoms with Gasteiger partial charge in [-0.25, -0.2) is 14.0 Å². The number of aromatic nitrogens is 1. The molecule has 0 aliphatic carbocycles. The Balaban J connectivity index is 1.88. The number of carbonyl (C=O) groups is 2. The zero-order valence-electron chi connectivity index (χ0n) is 16.4. The fourth-order valence-electron chi connectivity index (χ4n) is 3.75. The monoisotopic (exact) mass is 426 g/mol. The van der Waals surface area contributed by atoms with Crippen molar-refractivity contribution in [3.63, 3.8) is 0 Å². The quantitative estimate of drug-likeness (QED) is 0.491. The number of benzene rings is 2. The predicted molar refractivity (Wildman–Crippen MR) is 114 cm³/mol. The number of fused-ring (bicyclic) bond motifs is 2. The van der Waals surface area contributed by atoms with E-state index in [1.807, 2.05) is 29.6 Å². The number of carboxylic acids is 1. The third-order valence-electron chi connectivity index (χ3n) is 5.10. The van der Waals surface area contributed by atoms with E-state index in [-0.39, 0.29) is 24.6 Å². The van der Waals surface area contributed by atoms with Crippen LogP contribution in [-0.2, 0) is 17.8 Å². The smallest absolute Gasteiger partial charge is 0.409 e. The van der Waals surface area contributed by atoms with Gasteiger partial charge in [0, 0.05) is 40.1 Å². The number of rotatable bonds is 5. The summed E-state index contributed by atoms with van der Waals surface area (Å²) in [5.41, 5.74) is 2.20. The highest BCUT2D eigenvalue weighted by Gasteiger charge is 2.25. The maximum absolute atomic E-state index is 13.8. The molecule has 8 heteroatoms. The summed E-state index contributed by atoms with van der Waals surface area (Å²) in [6.45, 7) is 0.356. The van der Waals surface area contributed by atoms with Gasteiger partial charge in [0.15, 0.2) is 0 Å². The molecule has 0 fully saturated rings. The Morgan fingerprint density at radius 3 is 2.70 bits per heavy atom. The second-order valence-corrected chi connectivity index (χ2v) is 7.87. The van der Waals surface area contributed by atoms with Gasteiger partial charge in [0.25, 0.3) is 0 Å². The molecule has 0 unspecified atom stereocenters. The molecule has 30 heavy (non-hydrogen) atoms. The van der Waals surface area contributed by atoms with E-state index in [0.29, 0.717) is 5.56 Å². The average molecular weight is 426 g/mol. The summed E-state index contributed by atoms with van der Waals surface area (Å²) in [6, 6.07) is 12.0. The molecule has 0 atom stereocenters. The van der Waals surface area contributed by atoms with Crippen LogP contribution in [0, 0.1) is 5.82 Å². The van der Waals surface area contributed by atoms with Gasteiger partial charge in [-0.05, 0) is 35.2 Å². The molecule has 4 aromatic rings. The van der Waals surface area contributed by atoms with Crippen LogP contribution in [0.25, 0.3) is 21.0 Å². The number of nitrogens with zero attached hydrogens (tertiary/aromatic N) is 2. The molecule has 154 valence electrons. The molecule has 0 radical (unpaired) electrons. The lowest BCUT2D eigenvalue weighted by molar-refractivity contribution is 0.0682. The van der Waals surface area contributed by atoms with Crippen molar-refractivity contribution in [2.24, 2.45) is 0 Å². The number of carboxylic acid groups (broad SMARTS) is 1. The van der Waals surface area contributed by atoms with Crippen LogP contribution in [0.5, 0.6) is 0 Å². The molecule has 2 heterocycles. The lowest BCUT2D eigenvalue weighted by Gasteiger charge is -2.16. The molecule has 0 saturated heterocycles. The molecule has 0 saturated carbocycles. The van der Waals surface area contributed by atoms with E-state index < -0.39 is 12.1 Å². The fraction of sp³-hybridized carbons (Fsp3) is 0.182. The molecular weight excluding hydrogens is 407 g/mol. The summed E-state index contributed by atoms with van der Waals surface area (Å²) in [7, 11) is 2.83. The van der Waals surface area contributed by atoms with Crippen molar-refractivity contribution < 1.29 is 23.8 Å². The lowest BCUT2D eigenvalue weighted by Crippen LogP contribution is -2.27. The molecule has 4 rings (SSSR count). The number of aromatic carboxylic acids is 1. The van der Waals surface area contributed by atoms with Gasteiger partial charge in [-0.1, -0.05) is 18.2 Å². The van der Waals surface area contributed by atoms with Crippen molar-refractivity contribution in [3.8, 4) is 0 Å². The van der Waals surface area contributed by atoms with E-state index in [9.17, 15) is 19.1 Å². The number of hydrogen-bond acceptors (Lipinski definition) is 4. The highest BCUT2D eigenvalue weighted by molar-refractivity contribution is 7.17. The van der Waals surface area contributed by atoms with Gasteiger partial charge in [0.1, 0.15) is 11.5 Å². The van der Waals surface area contributed by atoms with E-state index >= 15 is 0 Å². The lowest BCUT2D eigenvalue weighted by atomic mass is 10.1. The number of carbonyl (C=O) groups excluding carboxylic acids is 1. The second-order valence-electron chi connectivity index (χ2n) is 6.96. The molecule has 2 aromatic heterocycles. The highest BCUT2D eigenvalue weighted by atomic mass is 32.1. The highest BCUT2D eigenvalue weighted by Crippen LogP contribution is 2.32. The van der Waals surface area contributed by atoms with E-state index in [2.05, 4.69) is 0 Å². The van der Waals surface area contributed by atoms with Crippen LogP contribution in [0.2, 0.25) is 0 Å². The first-order valence-electron chi connectivity index (χ1n) is 9.18. The zero-order valence-corrected chi connectivity index (χ0v) is 17.2. The van der Waals surface area contributed by atoms with Gasteiger partial charge in [0.05, 0.1) is 13.7 Å². The minimum Gasteiger partial charge on any atom is -0.477 e. The Hall–Kier alpha value is -3.39. The molecule has 0 aliphatic rings.